The Labute approximate surface area is 155 Å². The number of carbonyl (C=O) groups excluding carboxylic acids is 3. The van der Waals surface area contributed by atoms with Gasteiger partial charge in [-0.3, -0.25) is 9.59 Å². The summed E-state index contributed by atoms with van der Waals surface area (Å²) in [5.41, 5.74) is 0.474. The second-order valence-corrected chi connectivity index (χ2v) is 6.39. The highest BCUT2D eigenvalue weighted by Gasteiger charge is 2.24. The van der Waals surface area contributed by atoms with Crippen LogP contribution in [-0.2, 0) is 14.3 Å². The van der Waals surface area contributed by atoms with Crippen molar-refractivity contribution in [2.45, 2.75) is 26.0 Å². The van der Waals surface area contributed by atoms with E-state index in [1.54, 1.807) is 41.8 Å². The Morgan fingerprint density at radius 1 is 1.08 bits per heavy atom. The van der Waals surface area contributed by atoms with Gasteiger partial charge in [0.1, 0.15) is 11.8 Å². The second-order valence-electron chi connectivity index (χ2n) is 5.44. The van der Waals surface area contributed by atoms with Crippen molar-refractivity contribution in [1.82, 2.24) is 5.32 Å². The molecule has 7 nitrogen and oxygen atoms in total. The number of amides is 2. The molecule has 0 bridgehead atoms. The molecule has 2 aromatic rings. The topological polar surface area (TPSA) is 93.7 Å². The van der Waals surface area contributed by atoms with Crippen LogP contribution < -0.4 is 15.4 Å². The fraction of sp³-hybridized carbons (Fsp3) is 0.278. The molecule has 0 radical (unpaired) electrons. The monoisotopic (exact) mass is 376 g/mol. The first-order valence-electron chi connectivity index (χ1n) is 7.91. The average molecular weight is 376 g/mol. The van der Waals surface area contributed by atoms with Gasteiger partial charge in [0.25, 0.3) is 11.8 Å². The van der Waals surface area contributed by atoms with E-state index < -0.39 is 24.0 Å². The van der Waals surface area contributed by atoms with Crippen molar-refractivity contribution in [3.63, 3.8) is 0 Å². The highest BCUT2D eigenvalue weighted by Crippen LogP contribution is 2.23. The molecule has 1 aromatic carbocycles. The number of carbonyl (C=O) groups is 3. The van der Waals surface area contributed by atoms with Crippen LogP contribution in [0.1, 0.15) is 23.5 Å². The Hall–Kier alpha value is -2.87. The van der Waals surface area contributed by atoms with E-state index in [1.807, 2.05) is 0 Å². The van der Waals surface area contributed by atoms with Crippen LogP contribution in [0.15, 0.2) is 41.8 Å². The molecule has 2 amide bonds. The molecule has 2 N–H and O–H groups in total. The van der Waals surface area contributed by atoms with Crippen molar-refractivity contribution in [2.24, 2.45) is 0 Å². The molecule has 1 heterocycles. The van der Waals surface area contributed by atoms with Crippen LogP contribution >= 0.6 is 11.3 Å². The molecule has 138 valence electrons. The van der Waals surface area contributed by atoms with E-state index in [9.17, 15) is 14.4 Å². The number of methoxy groups -OCH3 is 1. The maximum atomic E-state index is 12.2. The smallest absolute Gasteiger partial charge is 0.329 e. The second kappa shape index (κ2) is 9.00. The van der Waals surface area contributed by atoms with Gasteiger partial charge in [-0.05, 0) is 37.4 Å². The van der Waals surface area contributed by atoms with Crippen molar-refractivity contribution in [2.75, 3.05) is 12.4 Å². The lowest BCUT2D eigenvalue weighted by Gasteiger charge is -2.18. The lowest BCUT2D eigenvalue weighted by atomic mass is 10.2. The summed E-state index contributed by atoms with van der Waals surface area (Å²) in [4.78, 5) is 36.8. The van der Waals surface area contributed by atoms with Crippen LogP contribution in [0, 0.1) is 0 Å². The van der Waals surface area contributed by atoms with Gasteiger partial charge < -0.3 is 20.1 Å². The van der Waals surface area contributed by atoms with Crippen LogP contribution in [0.3, 0.4) is 0 Å². The van der Waals surface area contributed by atoms with Crippen LogP contribution in [0.2, 0.25) is 0 Å². The standard InChI is InChI=1S/C18H20N2O5S/c1-11(19-17(22)15-9-6-10-26-15)18(23)25-12(2)16(21)20-13-7-4-5-8-14(13)24-3/h4-12H,1-3H3,(H,19,22)(H,20,21)/t11-,12+/m0/s1. The third-order valence-corrected chi connectivity index (χ3v) is 4.34. The van der Waals surface area contributed by atoms with Crippen molar-refractivity contribution in [3.8, 4) is 5.75 Å². The number of anilines is 1. The van der Waals surface area contributed by atoms with Gasteiger partial charge in [-0.25, -0.2) is 4.79 Å². The van der Waals surface area contributed by atoms with E-state index in [2.05, 4.69) is 10.6 Å². The molecule has 2 rings (SSSR count). The minimum absolute atomic E-state index is 0.365. The molecular weight excluding hydrogens is 356 g/mol. The molecule has 0 saturated heterocycles. The molecule has 1 aromatic heterocycles. The summed E-state index contributed by atoms with van der Waals surface area (Å²) < 4.78 is 10.3. The van der Waals surface area contributed by atoms with E-state index in [4.69, 9.17) is 9.47 Å². The largest absolute Gasteiger partial charge is 0.495 e. The number of benzene rings is 1. The number of ether oxygens (including phenoxy) is 2. The first kappa shape index (κ1) is 19.5. The van der Waals surface area contributed by atoms with E-state index in [0.717, 1.165) is 0 Å². The molecule has 0 aliphatic heterocycles. The summed E-state index contributed by atoms with van der Waals surface area (Å²) in [6.07, 6.45) is -1.03. The SMILES string of the molecule is COc1ccccc1NC(=O)[C@@H](C)OC(=O)[C@H](C)NC(=O)c1cccs1. The molecule has 0 fully saturated rings. The molecule has 0 spiro atoms. The summed E-state index contributed by atoms with van der Waals surface area (Å²) in [6.45, 7) is 2.95. The van der Waals surface area contributed by atoms with Gasteiger partial charge in [-0.15, -0.1) is 11.3 Å². The van der Waals surface area contributed by atoms with Gasteiger partial charge in [-0.2, -0.15) is 0 Å². The highest BCUT2D eigenvalue weighted by molar-refractivity contribution is 7.12. The molecule has 0 aliphatic carbocycles. The van der Waals surface area contributed by atoms with Crippen LogP contribution in [0.5, 0.6) is 5.75 Å². The van der Waals surface area contributed by atoms with Crippen molar-refractivity contribution in [3.05, 3.63) is 46.7 Å². The first-order chi connectivity index (χ1) is 12.4. The zero-order chi connectivity index (χ0) is 19.1. The van der Waals surface area contributed by atoms with Crippen molar-refractivity contribution in [1.29, 1.82) is 0 Å². The Balaban J connectivity index is 1.89. The maximum Gasteiger partial charge on any atom is 0.329 e. The summed E-state index contributed by atoms with van der Waals surface area (Å²) in [5, 5.41) is 6.95. The summed E-state index contributed by atoms with van der Waals surface area (Å²) >= 11 is 1.27. The summed E-state index contributed by atoms with van der Waals surface area (Å²) in [6, 6.07) is 9.41. The number of thiophene rings is 1. The zero-order valence-corrected chi connectivity index (χ0v) is 15.5. The summed E-state index contributed by atoms with van der Waals surface area (Å²) in [5.74, 6) is -1.07. The van der Waals surface area contributed by atoms with Gasteiger partial charge in [0.2, 0.25) is 0 Å². The van der Waals surface area contributed by atoms with Crippen molar-refractivity contribution < 1.29 is 23.9 Å². The number of nitrogens with one attached hydrogen (secondary N) is 2. The first-order valence-corrected chi connectivity index (χ1v) is 8.79. The van der Waals surface area contributed by atoms with E-state index in [1.165, 1.54) is 32.3 Å². The lowest BCUT2D eigenvalue weighted by molar-refractivity contribution is -0.154. The molecule has 0 saturated carbocycles. The Bertz CT molecular complexity index is 776. The Kier molecular flexibility index (Phi) is 6.74. The fourth-order valence-electron chi connectivity index (χ4n) is 2.05. The zero-order valence-electron chi connectivity index (χ0n) is 14.6. The number of hydrogen-bond donors (Lipinski definition) is 2. The highest BCUT2D eigenvalue weighted by atomic mass is 32.1. The normalized spacial score (nSPS) is 12.6. The van der Waals surface area contributed by atoms with Gasteiger partial charge in [0.15, 0.2) is 6.10 Å². The third kappa shape index (κ3) is 5.06. The van der Waals surface area contributed by atoms with Crippen molar-refractivity contribution >= 4 is 34.8 Å². The molecular formula is C18H20N2O5S. The van der Waals surface area contributed by atoms with Crippen LogP contribution in [-0.4, -0.2) is 37.0 Å². The van der Waals surface area contributed by atoms with Crippen LogP contribution in [0.4, 0.5) is 5.69 Å². The minimum atomic E-state index is -1.03. The summed E-state index contributed by atoms with van der Waals surface area (Å²) in [7, 11) is 1.49. The quantitative estimate of drug-likeness (QED) is 0.724. The van der Waals surface area contributed by atoms with Gasteiger partial charge in [-0.1, -0.05) is 18.2 Å². The number of hydrogen-bond acceptors (Lipinski definition) is 6. The Morgan fingerprint density at radius 2 is 1.81 bits per heavy atom. The molecule has 26 heavy (non-hydrogen) atoms. The van der Waals surface area contributed by atoms with E-state index in [0.29, 0.717) is 16.3 Å². The average Bonchev–Trinajstić information content (AvgIpc) is 3.16. The van der Waals surface area contributed by atoms with E-state index in [-0.39, 0.29) is 5.91 Å². The third-order valence-electron chi connectivity index (χ3n) is 3.47. The Morgan fingerprint density at radius 3 is 2.46 bits per heavy atom. The molecule has 0 aliphatic rings. The van der Waals surface area contributed by atoms with E-state index >= 15 is 0 Å². The fourth-order valence-corrected chi connectivity index (χ4v) is 2.67. The molecule has 0 unspecified atom stereocenters. The maximum absolute atomic E-state index is 12.2. The van der Waals surface area contributed by atoms with Crippen LogP contribution in [0.25, 0.3) is 0 Å². The van der Waals surface area contributed by atoms with Gasteiger partial charge in [0.05, 0.1) is 17.7 Å². The number of rotatable bonds is 7. The predicted octanol–water partition coefficient (Wildman–Crippen LogP) is 2.45. The van der Waals surface area contributed by atoms with Gasteiger partial charge >= 0.3 is 5.97 Å². The lowest BCUT2D eigenvalue weighted by Crippen LogP contribution is -2.42. The predicted molar refractivity (Wildman–Crippen MR) is 98.4 cm³/mol. The number of esters is 1. The minimum Gasteiger partial charge on any atom is -0.495 e. The van der Waals surface area contributed by atoms with Gasteiger partial charge in [0, 0.05) is 0 Å². The molecule has 2 atom stereocenters. The number of para-hydroxylation sites is 2. The molecule has 8 heteroatoms.